The van der Waals surface area contributed by atoms with Crippen LogP contribution in [0.5, 0.6) is 0 Å². The van der Waals surface area contributed by atoms with E-state index >= 15 is 0 Å². The number of fused-ring (bicyclic) bond motifs is 1. The van der Waals surface area contributed by atoms with Crippen LogP contribution in [-0.4, -0.2) is 38.7 Å². The number of anilines is 1. The molecule has 3 heterocycles. The second-order valence-electron chi connectivity index (χ2n) is 5.16. The van der Waals surface area contributed by atoms with E-state index in [0.717, 1.165) is 24.5 Å². The summed E-state index contributed by atoms with van der Waals surface area (Å²) in [5, 5.41) is 4.29. The molecule has 6 nitrogen and oxygen atoms in total. The molecule has 0 aliphatic carbocycles. The van der Waals surface area contributed by atoms with Crippen LogP contribution < -0.4 is 10.6 Å². The highest BCUT2D eigenvalue weighted by Crippen LogP contribution is 2.24. The van der Waals surface area contributed by atoms with Gasteiger partial charge >= 0.3 is 0 Å². The lowest BCUT2D eigenvalue weighted by molar-refractivity contribution is 0.570. The van der Waals surface area contributed by atoms with Gasteiger partial charge in [0.15, 0.2) is 0 Å². The molecule has 1 saturated heterocycles. The number of aromatic nitrogens is 4. The molecule has 1 aliphatic heterocycles. The lowest BCUT2D eigenvalue weighted by Crippen LogP contribution is -2.41. The summed E-state index contributed by atoms with van der Waals surface area (Å²) in [5.41, 5.74) is 6.92. The fourth-order valence-corrected chi connectivity index (χ4v) is 2.84. The summed E-state index contributed by atoms with van der Waals surface area (Å²) in [6.07, 6.45) is 6.43. The SMILES string of the molecule is Cc1cc(N2CCCCCC2CN)n2ncnc2n1. The van der Waals surface area contributed by atoms with Crippen LogP contribution in [0, 0.1) is 6.92 Å². The third-order valence-corrected chi connectivity index (χ3v) is 3.80. The number of nitrogens with zero attached hydrogens (tertiary/aromatic N) is 5. The molecule has 19 heavy (non-hydrogen) atoms. The molecule has 1 aliphatic rings. The first-order valence-electron chi connectivity index (χ1n) is 6.93. The summed E-state index contributed by atoms with van der Waals surface area (Å²) in [6, 6.07) is 2.46. The van der Waals surface area contributed by atoms with E-state index in [2.05, 4.69) is 26.0 Å². The zero-order valence-corrected chi connectivity index (χ0v) is 11.3. The van der Waals surface area contributed by atoms with Crippen molar-refractivity contribution in [3.05, 3.63) is 18.1 Å². The number of nitrogens with two attached hydrogens (primary N) is 1. The van der Waals surface area contributed by atoms with E-state index in [9.17, 15) is 0 Å². The van der Waals surface area contributed by atoms with Crippen LogP contribution in [0.15, 0.2) is 12.4 Å². The lowest BCUT2D eigenvalue weighted by Gasteiger charge is -2.31. The van der Waals surface area contributed by atoms with Crippen LogP contribution in [0.1, 0.15) is 31.4 Å². The van der Waals surface area contributed by atoms with Crippen molar-refractivity contribution in [3.63, 3.8) is 0 Å². The average Bonchev–Trinajstić information content (AvgIpc) is 2.74. The maximum Gasteiger partial charge on any atom is 0.254 e. The molecule has 3 rings (SSSR count). The van der Waals surface area contributed by atoms with Gasteiger partial charge in [0.1, 0.15) is 12.1 Å². The molecule has 102 valence electrons. The maximum absolute atomic E-state index is 5.96. The fourth-order valence-electron chi connectivity index (χ4n) is 2.84. The van der Waals surface area contributed by atoms with Gasteiger partial charge in [0.2, 0.25) is 0 Å². The second-order valence-corrected chi connectivity index (χ2v) is 5.16. The summed E-state index contributed by atoms with van der Waals surface area (Å²) < 4.78 is 1.82. The van der Waals surface area contributed by atoms with Crippen molar-refractivity contribution in [2.75, 3.05) is 18.0 Å². The molecular formula is C13H20N6. The Morgan fingerprint density at radius 2 is 2.26 bits per heavy atom. The van der Waals surface area contributed by atoms with E-state index in [-0.39, 0.29) is 0 Å². The molecular weight excluding hydrogens is 240 g/mol. The van der Waals surface area contributed by atoms with Crippen molar-refractivity contribution in [1.82, 2.24) is 19.6 Å². The Bertz CT molecular complexity index is 563. The Hall–Kier alpha value is -1.69. The Balaban J connectivity index is 2.07. The lowest BCUT2D eigenvalue weighted by atomic mass is 10.1. The Labute approximate surface area is 112 Å². The minimum atomic E-state index is 0.386. The smallest absolute Gasteiger partial charge is 0.254 e. The van der Waals surface area contributed by atoms with Crippen LogP contribution in [0.2, 0.25) is 0 Å². The predicted molar refractivity (Wildman–Crippen MR) is 74.2 cm³/mol. The third kappa shape index (κ3) is 2.28. The van der Waals surface area contributed by atoms with Gasteiger partial charge in [0, 0.05) is 30.9 Å². The molecule has 2 N–H and O–H groups in total. The van der Waals surface area contributed by atoms with Crippen LogP contribution in [0.25, 0.3) is 5.78 Å². The van der Waals surface area contributed by atoms with Gasteiger partial charge in [0.25, 0.3) is 5.78 Å². The van der Waals surface area contributed by atoms with Crippen molar-refractivity contribution in [2.24, 2.45) is 5.73 Å². The molecule has 0 saturated carbocycles. The van der Waals surface area contributed by atoms with Crippen molar-refractivity contribution in [1.29, 1.82) is 0 Å². The standard InChI is InChI=1S/C13H20N6/c1-10-7-12(19-13(17-10)15-9-16-19)18-6-4-2-3-5-11(18)8-14/h7,9,11H,2-6,8,14H2,1H3. The molecule has 2 aromatic rings. The summed E-state index contributed by atoms with van der Waals surface area (Å²) in [4.78, 5) is 11.0. The van der Waals surface area contributed by atoms with E-state index < -0.39 is 0 Å². The van der Waals surface area contributed by atoms with E-state index in [4.69, 9.17) is 5.73 Å². The van der Waals surface area contributed by atoms with Crippen molar-refractivity contribution < 1.29 is 0 Å². The summed E-state index contributed by atoms with van der Waals surface area (Å²) in [5.74, 6) is 1.73. The number of rotatable bonds is 2. The first-order valence-corrected chi connectivity index (χ1v) is 6.93. The second kappa shape index (κ2) is 5.13. The highest BCUT2D eigenvalue weighted by molar-refractivity contribution is 5.48. The Morgan fingerprint density at radius 1 is 1.37 bits per heavy atom. The van der Waals surface area contributed by atoms with Crippen molar-refractivity contribution in [2.45, 2.75) is 38.6 Å². The number of hydrogen-bond acceptors (Lipinski definition) is 5. The minimum absolute atomic E-state index is 0.386. The number of hydrogen-bond donors (Lipinski definition) is 1. The van der Waals surface area contributed by atoms with Crippen LogP contribution in [-0.2, 0) is 0 Å². The quantitative estimate of drug-likeness (QED) is 0.876. The predicted octanol–water partition coefficient (Wildman–Crippen LogP) is 1.14. The van der Waals surface area contributed by atoms with Gasteiger partial charge in [0.05, 0.1) is 0 Å². The molecule has 1 unspecified atom stereocenters. The maximum atomic E-state index is 5.96. The van der Waals surface area contributed by atoms with Gasteiger partial charge < -0.3 is 10.6 Å². The summed E-state index contributed by atoms with van der Waals surface area (Å²) in [7, 11) is 0. The van der Waals surface area contributed by atoms with E-state index in [1.165, 1.54) is 19.3 Å². The van der Waals surface area contributed by atoms with Gasteiger partial charge in [-0.1, -0.05) is 12.8 Å². The van der Waals surface area contributed by atoms with Gasteiger partial charge in [-0.05, 0) is 19.8 Å². The molecule has 1 atom stereocenters. The zero-order valence-electron chi connectivity index (χ0n) is 11.3. The first kappa shape index (κ1) is 12.3. The van der Waals surface area contributed by atoms with Gasteiger partial charge in [-0.2, -0.15) is 14.6 Å². The topological polar surface area (TPSA) is 72.3 Å². The molecule has 0 radical (unpaired) electrons. The van der Waals surface area contributed by atoms with E-state index in [1.807, 2.05) is 11.4 Å². The van der Waals surface area contributed by atoms with Crippen LogP contribution in [0.3, 0.4) is 0 Å². The molecule has 0 amide bonds. The van der Waals surface area contributed by atoms with Gasteiger partial charge in [-0.15, -0.1) is 0 Å². The Morgan fingerprint density at radius 3 is 3.11 bits per heavy atom. The third-order valence-electron chi connectivity index (χ3n) is 3.80. The van der Waals surface area contributed by atoms with Crippen LogP contribution in [0.4, 0.5) is 5.82 Å². The first-order chi connectivity index (χ1) is 9.29. The molecule has 1 fully saturated rings. The molecule has 6 heteroatoms. The number of aryl methyl sites for hydroxylation is 1. The van der Waals surface area contributed by atoms with Crippen molar-refractivity contribution >= 4 is 11.6 Å². The van der Waals surface area contributed by atoms with Gasteiger partial charge in [-0.3, -0.25) is 0 Å². The summed E-state index contributed by atoms with van der Waals surface area (Å²) in [6.45, 7) is 3.70. The molecule has 0 aromatic carbocycles. The molecule has 0 spiro atoms. The highest BCUT2D eigenvalue weighted by atomic mass is 15.4. The highest BCUT2D eigenvalue weighted by Gasteiger charge is 2.23. The van der Waals surface area contributed by atoms with Crippen molar-refractivity contribution in [3.8, 4) is 0 Å². The molecule has 0 bridgehead atoms. The normalized spacial score (nSPS) is 20.7. The largest absolute Gasteiger partial charge is 0.352 e. The van der Waals surface area contributed by atoms with E-state index in [0.29, 0.717) is 18.4 Å². The van der Waals surface area contributed by atoms with E-state index in [1.54, 1.807) is 6.33 Å². The van der Waals surface area contributed by atoms with Gasteiger partial charge in [-0.25, -0.2) is 4.98 Å². The monoisotopic (exact) mass is 260 g/mol. The molecule has 2 aromatic heterocycles. The minimum Gasteiger partial charge on any atom is -0.352 e. The average molecular weight is 260 g/mol. The summed E-state index contributed by atoms with van der Waals surface area (Å²) >= 11 is 0. The Kier molecular flexibility index (Phi) is 3.33. The fraction of sp³-hybridized carbons (Fsp3) is 0.615. The zero-order chi connectivity index (χ0) is 13.2. The van der Waals surface area contributed by atoms with Crippen LogP contribution >= 0.6 is 0 Å².